The maximum Gasteiger partial charge on any atom is 0.272 e. The number of hydrogen-bond donors (Lipinski definition) is 0. The second-order valence-electron chi connectivity index (χ2n) is 5.89. The van der Waals surface area contributed by atoms with Gasteiger partial charge in [-0.25, -0.2) is 18.7 Å². The first kappa shape index (κ1) is 17.3. The van der Waals surface area contributed by atoms with Crippen LogP contribution in [0, 0.1) is 0 Å². The quantitative estimate of drug-likeness (QED) is 0.799. The fourth-order valence-electron chi connectivity index (χ4n) is 3.00. The molecule has 0 bridgehead atoms. The highest BCUT2D eigenvalue weighted by atomic mass is 19.3. The zero-order chi connectivity index (χ0) is 17.6. The lowest BCUT2D eigenvalue weighted by Gasteiger charge is -2.28. The summed E-state index contributed by atoms with van der Waals surface area (Å²) in [6.45, 7) is -0.720. The van der Waals surface area contributed by atoms with Crippen LogP contribution in [-0.2, 0) is 0 Å². The average Bonchev–Trinajstić information content (AvgIpc) is 3.15. The van der Waals surface area contributed by atoms with Gasteiger partial charge in [-0.1, -0.05) is 18.9 Å². The molecule has 0 aliphatic heterocycles. The Balaban J connectivity index is 1.80. The van der Waals surface area contributed by atoms with Crippen LogP contribution in [0.25, 0.3) is 0 Å². The second-order valence-corrected chi connectivity index (χ2v) is 5.89. The van der Waals surface area contributed by atoms with Gasteiger partial charge >= 0.3 is 0 Å². The molecule has 25 heavy (non-hydrogen) atoms. The molecule has 0 saturated heterocycles. The van der Waals surface area contributed by atoms with E-state index < -0.39 is 13.0 Å². The predicted molar refractivity (Wildman–Crippen MR) is 89.0 cm³/mol. The molecule has 2 aromatic heterocycles. The van der Waals surface area contributed by atoms with Crippen LogP contribution in [0.5, 0.6) is 5.88 Å². The van der Waals surface area contributed by atoms with E-state index in [1.165, 1.54) is 12.3 Å². The Morgan fingerprint density at radius 2 is 2.00 bits per heavy atom. The molecule has 0 unspecified atom stereocenters. The molecule has 0 N–H and O–H groups in total. The van der Waals surface area contributed by atoms with E-state index in [1.807, 2.05) is 12.1 Å². The molecule has 1 fully saturated rings. The molecule has 0 aromatic carbocycles. The summed E-state index contributed by atoms with van der Waals surface area (Å²) in [5, 5.41) is 0. The highest BCUT2D eigenvalue weighted by Crippen LogP contribution is 2.28. The van der Waals surface area contributed by atoms with E-state index >= 15 is 0 Å². The van der Waals surface area contributed by atoms with Gasteiger partial charge in [-0.2, -0.15) is 0 Å². The van der Waals surface area contributed by atoms with Gasteiger partial charge in [-0.05, 0) is 31.0 Å². The zero-order valence-electron chi connectivity index (χ0n) is 13.6. The molecule has 0 radical (unpaired) electrons. The molecule has 1 saturated carbocycles. The third kappa shape index (κ3) is 4.29. The maximum atomic E-state index is 13.0. The Labute approximate surface area is 144 Å². The first-order valence-corrected chi connectivity index (χ1v) is 8.27. The number of halogens is 2. The molecular formula is C18H19F2N3O2. The lowest BCUT2D eigenvalue weighted by molar-refractivity contribution is 0.0795. The van der Waals surface area contributed by atoms with E-state index in [4.69, 9.17) is 4.74 Å². The normalized spacial score (nSPS) is 14.7. The number of anilines is 1. The molecule has 2 heterocycles. The first-order chi connectivity index (χ1) is 12.1. The highest BCUT2D eigenvalue weighted by Gasteiger charge is 2.29. The number of carbonyl (C=O) groups is 1. The van der Waals surface area contributed by atoms with Crippen LogP contribution in [-0.4, -0.2) is 34.9 Å². The summed E-state index contributed by atoms with van der Waals surface area (Å²) in [6.07, 6.45) is 4.49. The third-order valence-electron chi connectivity index (χ3n) is 4.15. The summed E-state index contributed by atoms with van der Waals surface area (Å²) in [7, 11) is 0. The molecule has 3 rings (SSSR count). The van der Waals surface area contributed by atoms with Gasteiger partial charge in [0.1, 0.15) is 5.82 Å². The van der Waals surface area contributed by atoms with Crippen molar-refractivity contribution in [3.8, 4) is 5.88 Å². The van der Waals surface area contributed by atoms with Crippen LogP contribution in [0.4, 0.5) is 14.6 Å². The minimum atomic E-state index is -2.56. The molecule has 1 amide bonds. The van der Waals surface area contributed by atoms with Crippen molar-refractivity contribution >= 4 is 11.7 Å². The summed E-state index contributed by atoms with van der Waals surface area (Å²) in [6, 6.07) is 8.54. The molecule has 0 spiro atoms. The topological polar surface area (TPSA) is 55.3 Å². The van der Waals surface area contributed by atoms with Gasteiger partial charge in [-0.3, -0.25) is 9.69 Å². The third-order valence-corrected chi connectivity index (χ3v) is 4.15. The van der Waals surface area contributed by atoms with E-state index in [1.54, 1.807) is 23.2 Å². The van der Waals surface area contributed by atoms with E-state index in [9.17, 15) is 13.6 Å². The summed E-state index contributed by atoms with van der Waals surface area (Å²) < 4.78 is 29.2. The minimum absolute atomic E-state index is 0.0714. The Bertz CT molecular complexity index is 689. The number of rotatable bonds is 6. The SMILES string of the molecule is O=C(c1ccc(OCC(F)F)nc1)N(c1ccccn1)C1CCCC1. The summed E-state index contributed by atoms with van der Waals surface area (Å²) in [5.41, 5.74) is 0.377. The van der Waals surface area contributed by atoms with E-state index in [0.717, 1.165) is 25.7 Å². The molecule has 7 heteroatoms. The standard InChI is InChI=1S/C18H19F2N3O2/c19-15(20)12-25-17-9-8-13(11-22-17)18(24)23(14-5-1-2-6-14)16-7-3-4-10-21-16/h3-4,7-11,14-15H,1-2,5-6,12H2. The van der Waals surface area contributed by atoms with Crippen LogP contribution in [0.3, 0.4) is 0 Å². The van der Waals surface area contributed by atoms with Crippen LogP contribution in [0.15, 0.2) is 42.7 Å². The number of carbonyl (C=O) groups excluding carboxylic acids is 1. The van der Waals surface area contributed by atoms with Crippen molar-refractivity contribution in [2.45, 2.75) is 38.2 Å². The number of hydrogen-bond acceptors (Lipinski definition) is 4. The number of aromatic nitrogens is 2. The average molecular weight is 347 g/mol. The lowest BCUT2D eigenvalue weighted by Crippen LogP contribution is -2.39. The van der Waals surface area contributed by atoms with Crippen molar-refractivity contribution < 1.29 is 18.3 Å². The Morgan fingerprint density at radius 1 is 1.20 bits per heavy atom. The van der Waals surface area contributed by atoms with Crippen LogP contribution in [0.2, 0.25) is 0 Å². The van der Waals surface area contributed by atoms with Gasteiger partial charge in [0.25, 0.3) is 12.3 Å². The largest absolute Gasteiger partial charge is 0.472 e. The summed E-state index contributed by atoms with van der Waals surface area (Å²) in [4.78, 5) is 23.0. The zero-order valence-corrected chi connectivity index (χ0v) is 13.6. The van der Waals surface area contributed by atoms with Crippen molar-refractivity contribution in [3.63, 3.8) is 0 Å². The maximum absolute atomic E-state index is 13.0. The number of pyridine rings is 2. The minimum Gasteiger partial charge on any atom is -0.472 e. The molecular weight excluding hydrogens is 328 g/mol. The van der Waals surface area contributed by atoms with Gasteiger partial charge in [0, 0.05) is 24.5 Å². The second kappa shape index (κ2) is 8.00. The number of ether oxygens (including phenoxy) is 1. The van der Waals surface area contributed by atoms with Gasteiger partial charge in [0.05, 0.1) is 5.56 Å². The van der Waals surface area contributed by atoms with E-state index in [2.05, 4.69) is 9.97 Å². The summed E-state index contributed by atoms with van der Waals surface area (Å²) >= 11 is 0. The Hall–Kier alpha value is -2.57. The van der Waals surface area contributed by atoms with Gasteiger partial charge in [-0.15, -0.1) is 0 Å². The monoisotopic (exact) mass is 347 g/mol. The number of amides is 1. The molecule has 0 atom stereocenters. The number of nitrogens with zero attached hydrogens (tertiary/aromatic N) is 3. The van der Waals surface area contributed by atoms with Crippen molar-refractivity contribution in [3.05, 3.63) is 48.3 Å². The Kier molecular flexibility index (Phi) is 5.53. The Morgan fingerprint density at radius 3 is 2.60 bits per heavy atom. The van der Waals surface area contributed by atoms with Gasteiger partial charge < -0.3 is 4.74 Å². The molecule has 1 aliphatic rings. The number of alkyl halides is 2. The van der Waals surface area contributed by atoms with Crippen molar-refractivity contribution in [2.75, 3.05) is 11.5 Å². The highest BCUT2D eigenvalue weighted by molar-refractivity contribution is 6.05. The fourth-order valence-corrected chi connectivity index (χ4v) is 3.00. The van der Waals surface area contributed by atoms with Crippen LogP contribution >= 0.6 is 0 Å². The predicted octanol–water partition coefficient (Wildman–Crippen LogP) is 3.71. The first-order valence-electron chi connectivity index (χ1n) is 8.27. The van der Waals surface area contributed by atoms with E-state index in [0.29, 0.717) is 11.4 Å². The molecule has 2 aromatic rings. The molecule has 132 valence electrons. The molecule has 1 aliphatic carbocycles. The van der Waals surface area contributed by atoms with Crippen molar-refractivity contribution in [2.24, 2.45) is 0 Å². The van der Waals surface area contributed by atoms with Crippen LogP contribution < -0.4 is 9.64 Å². The molecule has 5 nitrogen and oxygen atoms in total. The van der Waals surface area contributed by atoms with Crippen molar-refractivity contribution in [1.29, 1.82) is 0 Å². The fraction of sp³-hybridized carbons (Fsp3) is 0.389. The van der Waals surface area contributed by atoms with Gasteiger partial charge in [0.2, 0.25) is 5.88 Å². The lowest BCUT2D eigenvalue weighted by atomic mass is 10.1. The van der Waals surface area contributed by atoms with Gasteiger partial charge in [0.15, 0.2) is 6.61 Å². The van der Waals surface area contributed by atoms with Crippen molar-refractivity contribution in [1.82, 2.24) is 9.97 Å². The smallest absolute Gasteiger partial charge is 0.272 e. The van der Waals surface area contributed by atoms with E-state index in [-0.39, 0.29) is 17.8 Å². The van der Waals surface area contributed by atoms with Crippen LogP contribution in [0.1, 0.15) is 36.0 Å². The summed E-state index contributed by atoms with van der Waals surface area (Å²) in [5.74, 6) is 0.484.